The van der Waals surface area contributed by atoms with Gasteiger partial charge in [-0.1, -0.05) is 78.9 Å². The van der Waals surface area contributed by atoms with E-state index in [9.17, 15) is 9.90 Å². The maximum Gasteiger partial charge on any atom is 0.167 e. The number of quaternary nitrogens is 1. The number of carbonyl (C=O) groups excluding carboxylic acids is 1. The van der Waals surface area contributed by atoms with Crippen LogP contribution in [0.15, 0.2) is 72.8 Å². The molecule has 0 aromatic heterocycles. The first-order chi connectivity index (χ1) is 13.4. The van der Waals surface area contributed by atoms with E-state index in [2.05, 4.69) is 14.0 Å². The van der Waals surface area contributed by atoms with Gasteiger partial charge in [-0.05, 0) is 24.1 Å². The molecule has 1 N–H and O–H groups in total. The van der Waals surface area contributed by atoms with E-state index in [1.165, 1.54) is 0 Å². The SMILES string of the molecule is CC[N+]1(C)CCC(O)(/C=C/c2ccccc2)C(C(=O)/C=C/c2ccccc2)C1. The molecule has 146 valence electrons. The van der Waals surface area contributed by atoms with E-state index in [1.54, 1.807) is 6.08 Å². The fraction of sp³-hybridized carbons (Fsp3) is 0.320. The van der Waals surface area contributed by atoms with E-state index in [0.717, 1.165) is 28.7 Å². The Morgan fingerprint density at radius 1 is 1.07 bits per heavy atom. The Bertz CT molecular complexity index is 843. The minimum atomic E-state index is -1.12. The molecule has 3 heteroatoms. The lowest BCUT2D eigenvalue weighted by molar-refractivity contribution is -0.916. The Morgan fingerprint density at radius 2 is 1.64 bits per heavy atom. The van der Waals surface area contributed by atoms with E-state index in [1.807, 2.05) is 78.9 Å². The highest BCUT2D eigenvalue weighted by molar-refractivity contribution is 5.96. The van der Waals surface area contributed by atoms with Gasteiger partial charge in [0.25, 0.3) is 0 Å². The summed E-state index contributed by atoms with van der Waals surface area (Å²) in [5.74, 6) is -0.465. The molecule has 0 radical (unpaired) electrons. The Balaban J connectivity index is 1.85. The van der Waals surface area contributed by atoms with Gasteiger partial charge in [-0.25, -0.2) is 0 Å². The highest BCUT2D eigenvalue weighted by Crippen LogP contribution is 2.34. The predicted molar refractivity (Wildman–Crippen MR) is 115 cm³/mol. The molecule has 3 rings (SSSR count). The molecule has 2 aromatic rings. The van der Waals surface area contributed by atoms with Gasteiger partial charge in [-0.15, -0.1) is 0 Å². The minimum absolute atomic E-state index is 0.0124. The third-order valence-corrected chi connectivity index (χ3v) is 5.99. The van der Waals surface area contributed by atoms with Crippen molar-refractivity contribution >= 4 is 17.9 Å². The van der Waals surface area contributed by atoms with Crippen molar-refractivity contribution in [2.24, 2.45) is 5.92 Å². The zero-order valence-corrected chi connectivity index (χ0v) is 16.8. The number of nitrogens with zero attached hydrogens (tertiary/aromatic N) is 1. The fourth-order valence-corrected chi connectivity index (χ4v) is 3.80. The summed E-state index contributed by atoms with van der Waals surface area (Å²) in [4.78, 5) is 13.1. The van der Waals surface area contributed by atoms with Gasteiger partial charge >= 0.3 is 0 Å². The molecule has 0 saturated carbocycles. The number of allylic oxidation sites excluding steroid dienone is 1. The smallest absolute Gasteiger partial charge is 0.167 e. The number of likely N-dealkylation sites (tertiary alicyclic amines) is 1. The van der Waals surface area contributed by atoms with Crippen LogP contribution in [0.4, 0.5) is 0 Å². The lowest BCUT2D eigenvalue weighted by Gasteiger charge is -2.46. The molecule has 3 unspecified atom stereocenters. The van der Waals surface area contributed by atoms with Crippen molar-refractivity contribution < 1.29 is 14.4 Å². The molecule has 0 aliphatic carbocycles. The van der Waals surface area contributed by atoms with Crippen LogP contribution in [0.25, 0.3) is 12.2 Å². The number of carbonyl (C=O) groups is 1. The number of rotatable bonds is 6. The van der Waals surface area contributed by atoms with Crippen LogP contribution in [0.5, 0.6) is 0 Å². The topological polar surface area (TPSA) is 37.3 Å². The van der Waals surface area contributed by atoms with Gasteiger partial charge in [0.15, 0.2) is 5.78 Å². The molecule has 1 fully saturated rings. The quantitative estimate of drug-likeness (QED) is 0.606. The van der Waals surface area contributed by atoms with Crippen LogP contribution in [-0.4, -0.2) is 47.7 Å². The highest BCUT2D eigenvalue weighted by atomic mass is 16.3. The first-order valence-corrected chi connectivity index (χ1v) is 10.0. The van der Waals surface area contributed by atoms with E-state index in [0.29, 0.717) is 13.0 Å². The molecule has 0 amide bonds. The summed E-state index contributed by atoms with van der Waals surface area (Å²) in [6.07, 6.45) is 7.82. The lowest BCUT2D eigenvalue weighted by atomic mass is 9.76. The summed E-state index contributed by atoms with van der Waals surface area (Å²) >= 11 is 0. The molecular weight excluding hydrogens is 346 g/mol. The zero-order chi connectivity index (χ0) is 20.0. The van der Waals surface area contributed by atoms with Crippen molar-refractivity contribution in [3.63, 3.8) is 0 Å². The first-order valence-electron chi connectivity index (χ1n) is 10.0. The van der Waals surface area contributed by atoms with Crippen molar-refractivity contribution in [3.8, 4) is 0 Å². The summed E-state index contributed by atoms with van der Waals surface area (Å²) in [6, 6.07) is 19.7. The zero-order valence-electron chi connectivity index (χ0n) is 16.8. The normalized spacial score (nSPS) is 28.0. The van der Waals surface area contributed by atoms with Gasteiger partial charge in [-0.3, -0.25) is 4.79 Å². The lowest BCUT2D eigenvalue weighted by Crippen LogP contribution is -2.61. The third kappa shape index (κ3) is 4.86. The second-order valence-corrected chi connectivity index (χ2v) is 8.03. The number of aliphatic hydroxyl groups is 1. The largest absolute Gasteiger partial charge is 0.385 e. The molecule has 1 aliphatic heterocycles. The number of benzene rings is 2. The maximum absolute atomic E-state index is 13.1. The van der Waals surface area contributed by atoms with Crippen LogP contribution in [0.1, 0.15) is 24.5 Å². The second kappa shape index (κ2) is 8.68. The van der Waals surface area contributed by atoms with Crippen molar-refractivity contribution in [2.45, 2.75) is 18.9 Å². The van der Waals surface area contributed by atoms with Crippen molar-refractivity contribution in [1.29, 1.82) is 0 Å². The van der Waals surface area contributed by atoms with E-state index in [-0.39, 0.29) is 5.78 Å². The second-order valence-electron chi connectivity index (χ2n) is 8.03. The highest BCUT2D eigenvalue weighted by Gasteiger charge is 2.48. The van der Waals surface area contributed by atoms with E-state index in [4.69, 9.17) is 0 Å². The Hall–Kier alpha value is -2.49. The van der Waals surface area contributed by atoms with Crippen LogP contribution < -0.4 is 0 Å². The number of piperidine rings is 1. The van der Waals surface area contributed by atoms with Crippen molar-refractivity contribution in [2.75, 3.05) is 26.7 Å². The van der Waals surface area contributed by atoms with Gasteiger partial charge in [0.1, 0.15) is 11.5 Å². The van der Waals surface area contributed by atoms with E-state index >= 15 is 0 Å². The Labute approximate surface area is 168 Å². The molecule has 28 heavy (non-hydrogen) atoms. The molecule has 3 atom stereocenters. The van der Waals surface area contributed by atoms with Crippen LogP contribution in [0.3, 0.4) is 0 Å². The summed E-state index contributed by atoms with van der Waals surface area (Å²) in [5.41, 5.74) is 0.893. The first kappa shape index (κ1) is 20.2. The number of ketones is 1. The minimum Gasteiger partial charge on any atom is -0.385 e. The number of hydrogen-bond donors (Lipinski definition) is 1. The predicted octanol–water partition coefficient (Wildman–Crippen LogP) is 4.20. The Morgan fingerprint density at radius 3 is 2.21 bits per heavy atom. The summed E-state index contributed by atoms with van der Waals surface area (Å²) in [5, 5.41) is 11.4. The fourth-order valence-electron chi connectivity index (χ4n) is 3.80. The molecule has 1 aliphatic rings. The summed E-state index contributed by atoms with van der Waals surface area (Å²) in [7, 11) is 2.17. The average molecular weight is 377 g/mol. The average Bonchev–Trinajstić information content (AvgIpc) is 2.74. The summed E-state index contributed by atoms with van der Waals surface area (Å²) < 4.78 is 0.803. The van der Waals surface area contributed by atoms with Crippen LogP contribution in [0, 0.1) is 5.92 Å². The van der Waals surface area contributed by atoms with Gasteiger partial charge in [0, 0.05) is 6.42 Å². The van der Waals surface area contributed by atoms with Crippen LogP contribution in [0.2, 0.25) is 0 Å². The summed E-state index contributed by atoms with van der Waals surface area (Å²) in [6.45, 7) is 4.60. The molecule has 2 aromatic carbocycles. The maximum atomic E-state index is 13.1. The molecule has 1 saturated heterocycles. The molecule has 0 bridgehead atoms. The standard InChI is InChI=1S/C25H30NO2/c1-3-26(2)19-18-25(28,17-16-22-12-8-5-9-13-22)23(20-26)24(27)15-14-21-10-6-4-7-11-21/h4-17,23,28H,3,18-20H2,1-2H3/q+1/b15-14+,17-16+. The van der Waals surface area contributed by atoms with Crippen molar-refractivity contribution in [3.05, 3.63) is 83.9 Å². The molecule has 1 heterocycles. The number of hydrogen-bond acceptors (Lipinski definition) is 2. The van der Waals surface area contributed by atoms with Crippen molar-refractivity contribution in [1.82, 2.24) is 0 Å². The molecule has 3 nitrogen and oxygen atoms in total. The Kier molecular flexibility index (Phi) is 6.28. The van der Waals surface area contributed by atoms with Crippen LogP contribution in [-0.2, 0) is 4.79 Å². The van der Waals surface area contributed by atoms with Gasteiger partial charge in [-0.2, -0.15) is 0 Å². The monoisotopic (exact) mass is 376 g/mol. The van der Waals surface area contributed by atoms with Gasteiger partial charge < -0.3 is 9.59 Å². The van der Waals surface area contributed by atoms with Crippen LogP contribution >= 0.6 is 0 Å². The third-order valence-electron chi connectivity index (χ3n) is 5.99. The van der Waals surface area contributed by atoms with Gasteiger partial charge in [0.2, 0.25) is 0 Å². The molecular formula is C25H30NO2+. The van der Waals surface area contributed by atoms with Gasteiger partial charge in [0.05, 0.1) is 26.7 Å². The van der Waals surface area contributed by atoms with E-state index < -0.39 is 11.5 Å². The molecule has 0 spiro atoms.